The maximum atomic E-state index is 10.8. The van der Waals surface area contributed by atoms with Crippen LogP contribution in [0.5, 0.6) is 0 Å². The number of aliphatic hydroxyl groups is 1. The van der Waals surface area contributed by atoms with Crippen LogP contribution in [0, 0.1) is 5.92 Å². The van der Waals surface area contributed by atoms with Gasteiger partial charge in [0.05, 0.1) is 0 Å². The molecule has 6 nitrogen and oxygen atoms in total. The average Bonchev–Trinajstić information content (AvgIpc) is 3.39. The zero-order valence-corrected chi connectivity index (χ0v) is 22.6. The maximum Gasteiger partial charge on any atom is 0.153 e. The van der Waals surface area contributed by atoms with Gasteiger partial charge in [-0.1, -0.05) is 78.8 Å². The van der Waals surface area contributed by atoms with Crippen molar-refractivity contribution in [2.75, 3.05) is 44.2 Å². The third kappa shape index (κ3) is 5.72. The zero-order chi connectivity index (χ0) is 26.7. The molecule has 0 amide bonds. The number of hydrogen-bond acceptors (Lipinski definition) is 6. The molecule has 4 aromatic rings. The van der Waals surface area contributed by atoms with Gasteiger partial charge < -0.3 is 19.3 Å². The number of aliphatic hydroxyl groups excluding tert-OH is 1. The van der Waals surface area contributed by atoms with Gasteiger partial charge in [-0.15, -0.1) is 0 Å². The van der Waals surface area contributed by atoms with Gasteiger partial charge in [-0.2, -0.15) is 0 Å². The van der Waals surface area contributed by atoms with E-state index < -0.39 is 6.10 Å². The Morgan fingerprint density at radius 2 is 1.62 bits per heavy atom. The highest BCUT2D eigenvalue weighted by atomic mass is 16.6. The summed E-state index contributed by atoms with van der Waals surface area (Å²) in [6.07, 6.45) is 1.35. The Hall–Kier alpha value is -3.61. The summed E-state index contributed by atoms with van der Waals surface area (Å²) < 4.78 is 6.20. The van der Waals surface area contributed by atoms with Crippen LogP contribution in [0.2, 0.25) is 0 Å². The summed E-state index contributed by atoms with van der Waals surface area (Å²) in [5.41, 5.74) is 4.41. The lowest BCUT2D eigenvalue weighted by molar-refractivity contribution is 0.0169. The first-order chi connectivity index (χ1) is 19.1. The highest BCUT2D eigenvalue weighted by Gasteiger charge is 2.45. The monoisotopic (exact) mass is 523 g/mol. The minimum atomic E-state index is -0.607. The number of rotatable bonds is 9. The molecule has 1 saturated carbocycles. The van der Waals surface area contributed by atoms with Gasteiger partial charge >= 0.3 is 0 Å². The molecule has 0 radical (unpaired) electrons. The normalized spacial score (nSPS) is 23.0. The maximum absolute atomic E-state index is 10.8. The van der Waals surface area contributed by atoms with Gasteiger partial charge in [0.15, 0.2) is 5.76 Å². The number of piperazine rings is 1. The number of oxime groups is 1. The molecule has 202 valence electrons. The second kappa shape index (κ2) is 11.2. The summed E-state index contributed by atoms with van der Waals surface area (Å²) in [5.74, 6) is 0.988. The second-order valence-corrected chi connectivity index (χ2v) is 11.2. The Morgan fingerprint density at radius 1 is 0.949 bits per heavy atom. The van der Waals surface area contributed by atoms with E-state index in [4.69, 9.17) is 9.25 Å². The molecule has 6 heteroatoms. The number of β-amino-alcohol motifs (C(OH)–C–C–N with tert-alkyl or cyclic N) is 1. The van der Waals surface area contributed by atoms with E-state index in [1.54, 1.807) is 0 Å². The third-order valence-electron chi connectivity index (χ3n) is 8.32. The van der Waals surface area contributed by atoms with Gasteiger partial charge in [-0.3, -0.25) is 4.90 Å². The summed E-state index contributed by atoms with van der Waals surface area (Å²) in [5, 5.41) is 16.4. The summed E-state index contributed by atoms with van der Waals surface area (Å²) in [6, 6.07) is 31.3. The Morgan fingerprint density at radius 3 is 2.33 bits per heavy atom. The number of nitrogens with zero attached hydrogens (tertiary/aromatic N) is 3. The van der Waals surface area contributed by atoms with Gasteiger partial charge in [0.1, 0.15) is 24.0 Å². The third-order valence-corrected chi connectivity index (χ3v) is 8.32. The molecule has 2 heterocycles. The molecule has 1 N–H and O–H groups in total. The van der Waals surface area contributed by atoms with E-state index in [9.17, 15) is 5.11 Å². The number of hydrogen-bond donors (Lipinski definition) is 1. The number of furan rings is 1. The SMILES string of the molecule is CC1(c2ccccc2)CC(/C(=N\OC[C@@H](O)CN2CCN(c3ccccc3)CC2)c2cc3ccccc3o2)C1. The average molecular weight is 524 g/mol. The fourth-order valence-corrected chi connectivity index (χ4v) is 6.10. The smallest absolute Gasteiger partial charge is 0.153 e. The highest BCUT2D eigenvalue weighted by Crippen LogP contribution is 2.49. The first-order valence-corrected chi connectivity index (χ1v) is 14.0. The van der Waals surface area contributed by atoms with Crippen molar-refractivity contribution in [2.45, 2.75) is 31.3 Å². The molecule has 1 aromatic heterocycles. The molecule has 39 heavy (non-hydrogen) atoms. The van der Waals surface area contributed by atoms with Gasteiger partial charge in [0, 0.05) is 49.7 Å². The Labute approximate surface area is 230 Å². The molecule has 0 bridgehead atoms. The Bertz CT molecular complexity index is 1350. The van der Waals surface area contributed by atoms with Gasteiger partial charge in [-0.25, -0.2) is 0 Å². The van der Waals surface area contributed by atoms with Crippen molar-refractivity contribution >= 4 is 22.4 Å². The van der Waals surface area contributed by atoms with Crippen molar-refractivity contribution in [1.29, 1.82) is 0 Å². The summed E-state index contributed by atoms with van der Waals surface area (Å²) >= 11 is 0. The molecule has 6 rings (SSSR count). The molecule has 2 fully saturated rings. The van der Waals surface area contributed by atoms with E-state index in [-0.39, 0.29) is 17.9 Å². The quantitative estimate of drug-likeness (QED) is 0.225. The van der Waals surface area contributed by atoms with E-state index >= 15 is 0 Å². The van der Waals surface area contributed by atoms with Crippen LogP contribution in [0.25, 0.3) is 11.0 Å². The molecule has 1 atom stereocenters. The van der Waals surface area contributed by atoms with Crippen LogP contribution >= 0.6 is 0 Å². The fourth-order valence-electron chi connectivity index (χ4n) is 6.10. The predicted octanol–water partition coefficient (Wildman–Crippen LogP) is 5.70. The molecule has 1 aliphatic carbocycles. The number of fused-ring (bicyclic) bond motifs is 1. The number of anilines is 1. The minimum Gasteiger partial charge on any atom is -0.455 e. The minimum absolute atomic E-state index is 0.111. The van der Waals surface area contributed by atoms with E-state index in [1.807, 2.05) is 24.3 Å². The highest BCUT2D eigenvalue weighted by molar-refractivity contribution is 6.03. The molecule has 1 saturated heterocycles. The van der Waals surface area contributed by atoms with Crippen LogP contribution in [0.15, 0.2) is 101 Å². The largest absolute Gasteiger partial charge is 0.455 e. The van der Waals surface area contributed by atoms with Gasteiger partial charge in [0.25, 0.3) is 0 Å². The first kappa shape index (κ1) is 25.7. The number of para-hydroxylation sites is 2. The molecular weight excluding hydrogens is 486 g/mol. The first-order valence-electron chi connectivity index (χ1n) is 14.0. The summed E-state index contributed by atoms with van der Waals surface area (Å²) in [4.78, 5) is 10.5. The van der Waals surface area contributed by atoms with Crippen LogP contribution in [0.4, 0.5) is 5.69 Å². The van der Waals surface area contributed by atoms with Gasteiger partial charge in [-0.05, 0) is 48.1 Å². The lowest BCUT2D eigenvalue weighted by Crippen LogP contribution is -2.49. The molecule has 1 aliphatic heterocycles. The zero-order valence-electron chi connectivity index (χ0n) is 22.6. The second-order valence-electron chi connectivity index (χ2n) is 11.2. The topological polar surface area (TPSA) is 61.4 Å². The van der Waals surface area contributed by atoms with Crippen LogP contribution in [0.1, 0.15) is 31.1 Å². The molecular formula is C33H37N3O3. The molecule has 2 aliphatic rings. The van der Waals surface area contributed by atoms with E-state index in [0.29, 0.717) is 6.54 Å². The van der Waals surface area contributed by atoms with Crippen LogP contribution in [-0.4, -0.2) is 61.2 Å². The fraction of sp³-hybridized carbons (Fsp3) is 0.364. The lowest BCUT2D eigenvalue weighted by atomic mass is 9.58. The van der Waals surface area contributed by atoms with Crippen molar-refractivity contribution in [2.24, 2.45) is 11.1 Å². The van der Waals surface area contributed by atoms with Crippen LogP contribution in [-0.2, 0) is 10.3 Å². The van der Waals surface area contributed by atoms with Crippen molar-refractivity contribution in [3.63, 3.8) is 0 Å². The van der Waals surface area contributed by atoms with Crippen molar-refractivity contribution < 1.29 is 14.4 Å². The van der Waals surface area contributed by atoms with Gasteiger partial charge in [0.2, 0.25) is 0 Å². The van der Waals surface area contributed by atoms with Crippen LogP contribution < -0.4 is 4.90 Å². The van der Waals surface area contributed by atoms with E-state index in [0.717, 1.165) is 61.5 Å². The Balaban J connectivity index is 1.08. The van der Waals surface area contributed by atoms with Crippen molar-refractivity contribution in [3.05, 3.63) is 102 Å². The van der Waals surface area contributed by atoms with Crippen molar-refractivity contribution in [3.8, 4) is 0 Å². The molecule has 3 aromatic carbocycles. The summed E-state index contributed by atoms with van der Waals surface area (Å²) in [6.45, 7) is 6.79. The number of benzene rings is 3. The van der Waals surface area contributed by atoms with Crippen LogP contribution in [0.3, 0.4) is 0 Å². The molecule has 0 spiro atoms. The molecule has 0 unspecified atom stereocenters. The van der Waals surface area contributed by atoms with Crippen molar-refractivity contribution in [1.82, 2.24) is 4.90 Å². The lowest BCUT2D eigenvalue weighted by Gasteiger charge is -2.45. The Kier molecular flexibility index (Phi) is 7.40. The summed E-state index contributed by atoms with van der Waals surface area (Å²) in [7, 11) is 0. The predicted molar refractivity (Wildman–Crippen MR) is 156 cm³/mol. The standard InChI is InChI=1S/C33H37N3O3/c1-33(27-11-4-2-5-12-27)21-26(22-33)32(31-20-25-10-8-9-15-30(25)39-31)34-38-24-29(37)23-35-16-18-36(19-17-35)28-13-6-3-7-14-28/h2-15,20,26,29,37H,16-19,21-24H2,1H3/b34-32+/t26?,29-,33?/m0/s1. The van der Waals surface area contributed by atoms with E-state index in [2.05, 4.69) is 88.6 Å². The van der Waals surface area contributed by atoms with E-state index in [1.165, 1.54) is 11.3 Å².